The van der Waals surface area contributed by atoms with E-state index in [0.717, 1.165) is 28.3 Å². The third kappa shape index (κ3) is 3.39. The Morgan fingerprint density at radius 3 is 2.54 bits per heavy atom. The lowest BCUT2D eigenvalue weighted by molar-refractivity contribution is 0.242. The smallest absolute Gasteiger partial charge is 0.138 e. The summed E-state index contributed by atoms with van der Waals surface area (Å²) in [6, 6.07) is 15.5. The van der Waals surface area contributed by atoms with Gasteiger partial charge in [-0.15, -0.1) is 0 Å². The van der Waals surface area contributed by atoms with Gasteiger partial charge in [-0.05, 0) is 50.2 Å². The van der Waals surface area contributed by atoms with E-state index in [9.17, 15) is 0 Å². The van der Waals surface area contributed by atoms with Gasteiger partial charge in [0.25, 0.3) is 0 Å². The first-order chi connectivity index (χ1) is 11.6. The zero-order chi connectivity index (χ0) is 17.1. The Labute approximate surface area is 146 Å². The summed E-state index contributed by atoms with van der Waals surface area (Å²) in [6.07, 6.45) is 0.0795. The molecule has 0 spiro atoms. The molecule has 1 aromatic heterocycles. The second-order valence-corrected chi connectivity index (χ2v) is 6.09. The molecule has 0 bridgehead atoms. The molecule has 0 aliphatic rings. The van der Waals surface area contributed by atoms with Crippen LogP contribution in [0.4, 0.5) is 0 Å². The number of methoxy groups -OCH3 is 1. The lowest BCUT2D eigenvalue weighted by Gasteiger charge is -2.11. The lowest BCUT2D eigenvalue weighted by atomic mass is 10.1. The second kappa shape index (κ2) is 6.97. The first kappa shape index (κ1) is 16.4. The molecule has 0 amide bonds. The number of ether oxygens (including phenoxy) is 2. The normalized spacial score (nSPS) is 10.9. The minimum Gasteiger partial charge on any atom is -0.496 e. The fraction of sp³-hybridized carbons (Fsp3) is 0.211. The number of para-hydroxylation sites is 1. The second-order valence-electron chi connectivity index (χ2n) is 5.68. The van der Waals surface area contributed by atoms with Crippen molar-refractivity contribution in [2.24, 2.45) is 0 Å². The SMILES string of the molecule is COc1ccccc1-c1cc(-c2ccc(OC(C)C)c(Cl)c2)n[nH]1. The van der Waals surface area contributed by atoms with Crippen LogP contribution in [0.3, 0.4) is 0 Å². The van der Waals surface area contributed by atoms with Crippen molar-refractivity contribution < 1.29 is 9.47 Å². The topological polar surface area (TPSA) is 47.1 Å². The molecule has 24 heavy (non-hydrogen) atoms. The van der Waals surface area contributed by atoms with Crippen molar-refractivity contribution in [3.63, 3.8) is 0 Å². The van der Waals surface area contributed by atoms with Gasteiger partial charge < -0.3 is 9.47 Å². The molecule has 0 unspecified atom stereocenters. The number of nitrogens with zero attached hydrogens (tertiary/aromatic N) is 1. The molecule has 0 aliphatic heterocycles. The van der Waals surface area contributed by atoms with Gasteiger partial charge in [0.15, 0.2) is 0 Å². The van der Waals surface area contributed by atoms with Crippen LogP contribution in [0.15, 0.2) is 48.5 Å². The highest BCUT2D eigenvalue weighted by Gasteiger charge is 2.12. The minimum absolute atomic E-state index is 0.0795. The summed E-state index contributed by atoms with van der Waals surface area (Å²) in [6.45, 7) is 3.94. The van der Waals surface area contributed by atoms with Crippen LogP contribution in [0, 0.1) is 0 Å². The van der Waals surface area contributed by atoms with Crippen LogP contribution < -0.4 is 9.47 Å². The standard InChI is InChI=1S/C19H19ClN2O2/c1-12(2)24-19-9-8-13(10-15(19)20)16-11-17(22-21-16)14-6-4-5-7-18(14)23-3/h4-12H,1-3H3,(H,21,22). The highest BCUT2D eigenvalue weighted by atomic mass is 35.5. The maximum Gasteiger partial charge on any atom is 0.138 e. The van der Waals surface area contributed by atoms with Gasteiger partial charge in [0, 0.05) is 11.1 Å². The van der Waals surface area contributed by atoms with Gasteiger partial charge in [0.05, 0.1) is 29.6 Å². The van der Waals surface area contributed by atoms with Crippen LogP contribution in [-0.4, -0.2) is 23.4 Å². The molecule has 0 saturated carbocycles. The van der Waals surface area contributed by atoms with E-state index in [2.05, 4.69) is 10.2 Å². The van der Waals surface area contributed by atoms with Crippen molar-refractivity contribution in [2.75, 3.05) is 7.11 Å². The Bertz CT molecular complexity index is 843. The Morgan fingerprint density at radius 1 is 1.04 bits per heavy atom. The van der Waals surface area contributed by atoms with Gasteiger partial charge in [-0.2, -0.15) is 5.10 Å². The fourth-order valence-corrected chi connectivity index (χ4v) is 2.71. The van der Waals surface area contributed by atoms with E-state index < -0.39 is 0 Å². The van der Waals surface area contributed by atoms with Crippen LogP contribution in [0.1, 0.15) is 13.8 Å². The van der Waals surface area contributed by atoms with E-state index in [4.69, 9.17) is 21.1 Å². The van der Waals surface area contributed by atoms with E-state index in [1.165, 1.54) is 0 Å². The first-order valence-electron chi connectivity index (χ1n) is 7.74. The molecule has 0 saturated heterocycles. The van der Waals surface area contributed by atoms with Crippen molar-refractivity contribution in [2.45, 2.75) is 20.0 Å². The quantitative estimate of drug-likeness (QED) is 0.693. The van der Waals surface area contributed by atoms with E-state index in [-0.39, 0.29) is 6.10 Å². The molecule has 5 heteroatoms. The Morgan fingerprint density at radius 2 is 1.83 bits per heavy atom. The molecule has 0 aliphatic carbocycles. The number of aromatic nitrogens is 2. The average Bonchev–Trinajstić information content (AvgIpc) is 3.06. The Balaban J connectivity index is 1.92. The molecule has 3 aromatic rings. The maximum atomic E-state index is 6.31. The van der Waals surface area contributed by atoms with Gasteiger partial charge in [0.1, 0.15) is 11.5 Å². The summed E-state index contributed by atoms with van der Waals surface area (Å²) < 4.78 is 11.1. The highest BCUT2D eigenvalue weighted by Crippen LogP contribution is 2.33. The molecule has 3 rings (SSSR count). The third-order valence-corrected chi connectivity index (χ3v) is 3.86. The number of nitrogens with one attached hydrogen (secondary N) is 1. The average molecular weight is 343 g/mol. The molecule has 0 atom stereocenters. The molecule has 2 aromatic carbocycles. The third-order valence-electron chi connectivity index (χ3n) is 3.57. The van der Waals surface area contributed by atoms with Crippen molar-refractivity contribution in [1.29, 1.82) is 0 Å². The number of hydrogen-bond acceptors (Lipinski definition) is 3. The number of H-pyrrole nitrogens is 1. The van der Waals surface area contributed by atoms with Crippen LogP contribution in [0.5, 0.6) is 11.5 Å². The first-order valence-corrected chi connectivity index (χ1v) is 8.11. The Hall–Kier alpha value is -2.46. The van der Waals surface area contributed by atoms with Crippen LogP contribution in [0.2, 0.25) is 5.02 Å². The van der Waals surface area contributed by atoms with Gasteiger partial charge in [-0.3, -0.25) is 5.10 Å². The van der Waals surface area contributed by atoms with E-state index >= 15 is 0 Å². The van der Waals surface area contributed by atoms with Crippen LogP contribution in [-0.2, 0) is 0 Å². The largest absolute Gasteiger partial charge is 0.496 e. The van der Waals surface area contributed by atoms with Crippen molar-refractivity contribution in [1.82, 2.24) is 10.2 Å². The molecule has 4 nitrogen and oxygen atoms in total. The summed E-state index contributed by atoms with van der Waals surface area (Å²) in [7, 11) is 1.66. The summed E-state index contributed by atoms with van der Waals surface area (Å²) in [5, 5.41) is 8.02. The number of aromatic amines is 1. The fourth-order valence-electron chi connectivity index (χ4n) is 2.48. The van der Waals surface area contributed by atoms with Gasteiger partial charge in [0.2, 0.25) is 0 Å². The summed E-state index contributed by atoms with van der Waals surface area (Å²) in [5.74, 6) is 1.47. The predicted molar refractivity (Wildman–Crippen MR) is 96.8 cm³/mol. The molecule has 0 radical (unpaired) electrons. The Kier molecular flexibility index (Phi) is 4.76. The molecule has 1 N–H and O–H groups in total. The molecular weight excluding hydrogens is 324 g/mol. The zero-order valence-corrected chi connectivity index (χ0v) is 14.6. The van der Waals surface area contributed by atoms with Gasteiger partial charge in [-0.1, -0.05) is 23.7 Å². The zero-order valence-electron chi connectivity index (χ0n) is 13.8. The van der Waals surface area contributed by atoms with Crippen molar-refractivity contribution in [3.05, 3.63) is 53.6 Å². The van der Waals surface area contributed by atoms with E-state index in [0.29, 0.717) is 10.8 Å². The number of benzene rings is 2. The van der Waals surface area contributed by atoms with Crippen LogP contribution in [0.25, 0.3) is 22.5 Å². The number of hydrogen-bond donors (Lipinski definition) is 1. The van der Waals surface area contributed by atoms with Crippen molar-refractivity contribution in [3.8, 4) is 34.0 Å². The summed E-state index contributed by atoms with van der Waals surface area (Å²) >= 11 is 6.31. The highest BCUT2D eigenvalue weighted by molar-refractivity contribution is 6.32. The van der Waals surface area contributed by atoms with Gasteiger partial charge in [-0.25, -0.2) is 0 Å². The number of halogens is 1. The lowest BCUT2D eigenvalue weighted by Crippen LogP contribution is -2.05. The molecule has 124 valence electrons. The monoisotopic (exact) mass is 342 g/mol. The predicted octanol–water partition coefficient (Wildman–Crippen LogP) is 5.19. The minimum atomic E-state index is 0.0795. The number of rotatable bonds is 5. The van der Waals surface area contributed by atoms with E-state index in [1.54, 1.807) is 7.11 Å². The van der Waals surface area contributed by atoms with Crippen LogP contribution >= 0.6 is 11.6 Å². The maximum absolute atomic E-state index is 6.31. The van der Waals surface area contributed by atoms with E-state index in [1.807, 2.05) is 62.4 Å². The molecule has 1 heterocycles. The van der Waals surface area contributed by atoms with Crippen molar-refractivity contribution >= 4 is 11.6 Å². The molecular formula is C19H19ClN2O2. The summed E-state index contributed by atoms with van der Waals surface area (Å²) in [5.41, 5.74) is 3.59. The molecule has 0 fully saturated rings. The summed E-state index contributed by atoms with van der Waals surface area (Å²) in [4.78, 5) is 0. The van der Waals surface area contributed by atoms with Gasteiger partial charge >= 0.3 is 0 Å².